The van der Waals surface area contributed by atoms with Crippen molar-refractivity contribution in [1.82, 2.24) is 14.5 Å². The molecule has 0 N–H and O–H groups in total. The smallest absolute Gasteiger partial charge is 0.0547 e. The summed E-state index contributed by atoms with van der Waals surface area (Å²) in [6, 6.07) is 32.6. The summed E-state index contributed by atoms with van der Waals surface area (Å²) in [6.45, 7) is 2.09. The van der Waals surface area contributed by atoms with Gasteiger partial charge in [-0.2, -0.15) is 0 Å². The molecule has 0 bridgehead atoms. The molecule has 3 nitrogen and oxygen atoms in total. The van der Waals surface area contributed by atoms with E-state index in [2.05, 4.69) is 106 Å². The minimum absolute atomic E-state index is 1.03. The van der Waals surface area contributed by atoms with Gasteiger partial charge >= 0.3 is 0 Å². The van der Waals surface area contributed by atoms with Crippen molar-refractivity contribution in [3.63, 3.8) is 0 Å². The van der Waals surface area contributed by atoms with E-state index in [4.69, 9.17) is 0 Å². The zero-order valence-corrected chi connectivity index (χ0v) is 18.7. The molecule has 0 amide bonds. The first kappa shape index (κ1) is 19.0. The summed E-state index contributed by atoms with van der Waals surface area (Å²) in [5.41, 5.74) is 6.91. The second kappa shape index (κ2) is 7.26. The number of benzene rings is 4. The molecule has 0 atom stereocenters. The maximum atomic E-state index is 4.64. The van der Waals surface area contributed by atoms with Crippen molar-refractivity contribution in [3.05, 3.63) is 115 Å². The second-order valence-electron chi connectivity index (χ2n) is 8.76. The highest BCUT2D eigenvalue weighted by Crippen LogP contribution is 2.40. The van der Waals surface area contributed by atoms with Crippen LogP contribution in [-0.2, 0) is 0 Å². The molecule has 0 saturated heterocycles. The van der Waals surface area contributed by atoms with Crippen LogP contribution in [0.1, 0.15) is 5.69 Å². The fourth-order valence-electron chi connectivity index (χ4n) is 5.35. The molecule has 0 saturated carbocycles. The van der Waals surface area contributed by atoms with Crippen LogP contribution >= 0.6 is 0 Å². The Morgan fingerprint density at radius 3 is 2.35 bits per heavy atom. The number of fused-ring (bicyclic) bond motifs is 6. The first-order valence-corrected chi connectivity index (χ1v) is 11.5. The standard InChI is InChI=1S/C31H21N3/c1-20-31-25(13-15-33-20)26-18-30-28(17-22(26)16-27(31)21-8-7-14-32-19-21)24-11-5-6-12-29(24)34(30)23-9-3-2-4-10-23/h2-19H,1H3. The minimum atomic E-state index is 1.03. The van der Waals surface area contributed by atoms with Crippen LogP contribution in [0.4, 0.5) is 0 Å². The van der Waals surface area contributed by atoms with Crippen molar-refractivity contribution >= 4 is 43.4 Å². The third kappa shape index (κ3) is 2.70. The predicted molar refractivity (Wildman–Crippen MR) is 142 cm³/mol. The SMILES string of the molecule is Cc1nccc2c1c(-c1cccnc1)cc1cc3c4ccccc4n(-c4ccccc4)c3cc12. The number of aromatic nitrogens is 3. The number of aryl methyl sites for hydroxylation is 1. The quantitative estimate of drug-likeness (QED) is 0.259. The molecule has 0 aliphatic rings. The summed E-state index contributed by atoms with van der Waals surface area (Å²) in [5, 5.41) is 7.38. The molecule has 3 heteroatoms. The van der Waals surface area contributed by atoms with Crippen molar-refractivity contribution in [3.8, 4) is 16.8 Å². The highest BCUT2D eigenvalue weighted by Gasteiger charge is 2.16. The molecule has 0 fully saturated rings. The lowest BCUT2D eigenvalue weighted by molar-refractivity contribution is 1.18. The van der Waals surface area contributed by atoms with Crippen molar-refractivity contribution in [1.29, 1.82) is 0 Å². The summed E-state index contributed by atoms with van der Waals surface area (Å²) in [4.78, 5) is 9.02. The molecular formula is C31H21N3. The Bertz CT molecular complexity index is 1850. The van der Waals surface area contributed by atoms with Gasteiger partial charge < -0.3 is 4.57 Å². The van der Waals surface area contributed by atoms with Crippen molar-refractivity contribution in [2.45, 2.75) is 6.92 Å². The molecule has 4 aromatic carbocycles. The van der Waals surface area contributed by atoms with E-state index in [-0.39, 0.29) is 0 Å². The zero-order chi connectivity index (χ0) is 22.6. The fraction of sp³-hybridized carbons (Fsp3) is 0.0323. The Labute approximate surface area is 196 Å². The van der Waals surface area contributed by atoms with Crippen molar-refractivity contribution in [2.24, 2.45) is 0 Å². The second-order valence-corrected chi connectivity index (χ2v) is 8.76. The summed E-state index contributed by atoms with van der Waals surface area (Å²) in [6.07, 6.45) is 5.67. The molecular weight excluding hydrogens is 414 g/mol. The molecule has 7 aromatic rings. The summed E-state index contributed by atoms with van der Waals surface area (Å²) >= 11 is 0. The lowest BCUT2D eigenvalue weighted by atomic mass is 9.92. The van der Waals surface area contributed by atoms with Crippen molar-refractivity contribution < 1.29 is 0 Å². The maximum Gasteiger partial charge on any atom is 0.0547 e. The number of para-hydroxylation sites is 2. The number of hydrogen-bond donors (Lipinski definition) is 0. The summed E-state index contributed by atoms with van der Waals surface area (Å²) in [5.74, 6) is 0. The Kier molecular flexibility index (Phi) is 4.06. The third-order valence-electron chi connectivity index (χ3n) is 6.83. The van der Waals surface area contributed by atoms with Gasteiger partial charge in [-0.1, -0.05) is 42.5 Å². The van der Waals surface area contributed by atoms with E-state index >= 15 is 0 Å². The summed E-state index contributed by atoms with van der Waals surface area (Å²) < 4.78 is 2.37. The Hall–Kier alpha value is -4.50. The van der Waals surface area contributed by atoms with Gasteiger partial charge in [-0.15, -0.1) is 0 Å². The molecule has 0 radical (unpaired) electrons. The highest BCUT2D eigenvalue weighted by molar-refractivity contribution is 6.20. The Balaban J connectivity index is 1.68. The molecule has 0 aliphatic carbocycles. The average Bonchev–Trinajstić information content (AvgIpc) is 3.21. The van der Waals surface area contributed by atoms with Crippen LogP contribution in [0.25, 0.3) is 60.2 Å². The molecule has 0 spiro atoms. The van der Waals surface area contributed by atoms with E-state index in [0.717, 1.165) is 11.3 Å². The number of hydrogen-bond acceptors (Lipinski definition) is 2. The van der Waals surface area contributed by atoms with Crippen LogP contribution < -0.4 is 0 Å². The lowest BCUT2D eigenvalue weighted by Gasteiger charge is -2.14. The maximum absolute atomic E-state index is 4.64. The van der Waals surface area contributed by atoms with Gasteiger partial charge in [-0.05, 0) is 77.2 Å². The predicted octanol–water partition coefficient (Wildman–Crippen LogP) is 7.86. The van der Waals surface area contributed by atoms with E-state index in [0.29, 0.717) is 0 Å². The van der Waals surface area contributed by atoms with Gasteiger partial charge in [0.05, 0.1) is 11.0 Å². The van der Waals surface area contributed by atoms with Crippen LogP contribution in [0.15, 0.2) is 110 Å². The Morgan fingerprint density at radius 2 is 1.50 bits per heavy atom. The molecule has 3 heterocycles. The van der Waals surface area contributed by atoms with E-state index in [9.17, 15) is 0 Å². The van der Waals surface area contributed by atoms with E-state index < -0.39 is 0 Å². The first-order valence-electron chi connectivity index (χ1n) is 11.5. The van der Waals surface area contributed by atoms with Crippen LogP contribution in [0.3, 0.4) is 0 Å². The summed E-state index contributed by atoms with van der Waals surface area (Å²) in [7, 11) is 0. The van der Waals surface area contributed by atoms with Crippen molar-refractivity contribution in [2.75, 3.05) is 0 Å². The molecule has 0 aliphatic heterocycles. The van der Waals surface area contributed by atoms with Gasteiger partial charge in [-0.3, -0.25) is 9.97 Å². The van der Waals surface area contributed by atoms with E-state index in [1.165, 1.54) is 54.6 Å². The molecule has 34 heavy (non-hydrogen) atoms. The number of pyridine rings is 2. The molecule has 7 rings (SSSR count). The van der Waals surface area contributed by atoms with E-state index in [1.54, 1.807) is 0 Å². The molecule has 0 unspecified atom stereocenters. The van der Waals surface area contributed by atoms with Crippen LogP contribution in [-0.4, -0.2) is 14.5 Å². The Morgan fingerprint density at radius 1 is 0.647 bits per heavy atom. The average molecular weight is 436 g/mol. The third-order valence-corrected chi connectivity index (χ3v) is 6.83. The van der Waals surface area contributed by atoms with Gasteiger partial charge in [0.1, 0.15) is 0 Å². The van der Waals surface area contributed by atoms with Gasteiger partial charge in [0.2, 0.25) is 0 Å². The van der Waals surface area contributed by atoms with Crippen LogP contribution in [0, 0.1) is 6.92 Å². The number of rotatable bonds is 2. The monoisotopic (exact) mass is 435 g/mol. The number of nitrogens with zero attached hydrogens (tertiary/aromatic N) is 3. The minimum Gasteiger partial charge on any atom is -0.309 e. The van der Waals surface area contributed by atoms with E-state index in [1.807, 2.05) is 24.7 Å². The first-order chi connectivity index (χ1) is 16.8. The molecule has 3 aromatic heterocycles. The van der Waals surface area contributed by atoms with Gasteiger partial charge in [-0.25, -0.2) is 0 Å². The fourth-order valence-corrected chi connectivity index (χ4v) is 5.35. The van der Waals surface area contributed by atoms with Crippen LogP contribution in [0.5, 0.6) is 0 Å². The van der Waals surface area contributed by atoms with Crippen LogP contribution in [0.2, 0.25) is 0 Å². The largest absolute Gasteiger partial charge is 0.309 e. The highest BCUT2D eigenvalue weighted by atomic mass is 15.0. The van der Waals surface area contributed by atoms with Gasteiger partial charge in [0.25, 0.3) is 0 Å². The topological polar surface area (TPSA) is 30.7 Å². The lowest BCUT2D eigenvalue weighted by Crippen LogP contribution is -1.94. The molecule has 160 valence electrons. The van der Waals surface area contributed by atoms with Gasteiger partial charge in [0, 0.05) is 51.7 Å². The zero-order valence-electron chi connectivity index (χ0n) is 18.7. The van der Waals surface area contributed by atoms with Gasteiger partial charge in [0.15, 0.2) is 0 Å². The normalized spacial score (nSPS) is 11.7.